The van der Waals surface area contributed by atoms with E-state index in [1.165, 1.54) is 10.7 Å². The summed E-state index contributed by atoms with van der Waals surface area (Å²) in [5.41, 5.74) is 2.91. The van der Waals surface area contributed by atoms with Crippen molar-refractivity contribution in [1.82, 2.24) is 15.1 Å². The molecule has 2 aliphatic carbocycles. The van der Waals surface area contributed by atoms with Crippen LogP contribution in [0, 0.1) is 0 Å². The Morgan fingerprint density at radius 3 is 2.71 bits per heavy atom. The zero-order valence-electron chi connectivity index (χ0n) is 22.5. The van der Waals surface area contributed by atoms with Gasteiger partial charge in [-0.25, -0.2) is 8.42 Å². The maximum absolute atomic E-state index is 13.7. The molecule has 0 bridgehead atoms. The van der Waals surface area contributed by atoms with Crippen molar-refractivity contribution in [3.8, 4) is 5.75 Å². The Morgan fingerprint density at radius 2 is 1.98 bits per heavy atom. The molecule has 218 valence electrons. The first-order valence-electron chi connectivity index (χ1n) is 13.0. The summed E-state index contributed by atoms with van der Waals surface area (Å²) in [4.78, 5) is 26.4. The van der Waals surface area contributed by atoms with Gasteiger partial charge in [-0.15, -0.1) is 0 Å². The maximum atomic E-state index is 13.7. The molecular formula is C28H29F3N4O5S. The predicted octanol–water partition coefficient (Wildman–Crippen LogP) is 4.07. The number of carbonyl (C=O) groups is 2. The summed E-state index contributed by atoms with van der Waals surface area (Å²) < 4.78 is 67.9. The number of nitrogens with one attached hydrogen (secondary N) is 2. The van der Waals surface area contributed by atoms with Crippen molar-refractivity contribution in [3.05, 3.63) is 70.6 Å². The van der Waals surface area contributed by atoms with Gasteiger partial charge in [0.05, 0.1) is 12.1 Å². The fourth-order valence-corrected chi connectivity index (χ4v) is 6.02. The van der Waals surface area contributed by atoms with Crippen LogP contribution in [-0.2, 0) is 33.1 Å². The minimum Gasteiger partial charge on any atom is -0.484 e. The van der Waals surface area contributed by atoms with Crippen LogP contribution in [0.1, 0.15) is 53.5 Å². The average molecular weight is 591 g/mol. The number of hydrogen-bond acceptors (Lipinski definition) is 6. The number of alkyl halides is 3. The Hall–Kier alpha value is -3.87. The Morgan fingerprint density at radius 1 is 1.22 bits per heavy atom. The molecule has 2 N–H and O–H groups in total. The van der Waals surface area contributed by atoms with E-state index in [1.54, 1.807) is 12.1 Å². The standard InChI is InChI=1S/C28H29F3N4O5S/c1-17-5-3-4-6-18(8-7-17)23-24(32-22(36)14-41(2,38)39)25-26(37)33-27(15-35(25)34-23)12-11-19-13-20(9-10-21(19)27)40-16-28(29,30)31/h5-10,13H,3-4,11-12,14-16H2,1-2H3,(H,32,36)(H,33,37)/b8-7-,17-5-,18-6-/t27-/m0/s1. The minimum atomic E-state index is -4.46. The SMILES string of the molecule is CC1=C/CC/C=C(c2nn3c(c2NC(=O)CS(C)(=O)=O)C(=O)N[C@@]2(CCc4cc(OCC(F)(F)F)ccc42)C3)/C=C\1. The first-order valence-corrected chi connectivity index (χ1v) is 15.1. The van der Waals surface area contributed by atoms with Crippen LogP contribution in [0.25, 0.3) is 5.57 Å². The molecule has 1 aliphatic heterocycles. The topological polar surface area (TPSA) is 119 Å². The van der Waals surface area contributed by atoms with Crippen molar-refractivity contribution in [2.24, 2.45) is 0 Å². The van der Waals surface area contributed by atoms with Gasteiger partial charge < -0.3 is 15.4 Å². The highest BCUT2D eigenvalue weighted by Gasteiger charge is 2.46. The third kappa shape index (κ3) is 6.24. The number of anilines is 1. The van der Waals surface area contributed by atoms with E-state index in [1.807, 2.05) is 25.2 Å². The molecule has 0 radical (unpaired) electrons. The van der Waals surface area contributed by atoms with Crippen LogP contribution in [0.3, 0.4) is 0 Å². The largest absolute Gasteiger partial charge is 0.484 e. The molecule has 0 saturated carbocycles. The van der Waals surface area contributed by atoms with E-state index in [9.17, 15) is 31.2 Å². The Kier molecular flexibility index (Phi) is 7.35. The lowest BCUT2D eigenvalue weighted by Crippen LogP contribution is -2.52. The summed E-state index contributed by atoms with van der Waals surface area (Å²) >= 11 is 0. The fraction of sp³-hybridized carbons (Fsp3) is 0.393. The number of benzene rings is 1. The monoisotopic (exact) mass is 590 g/mol. The van der Waals surface area contributed by atoms with Crippen molar-refractivity contribution in [2.75, 3.05) is 23.9 Å². The van der Waals surface area contributed by atoms with Gasteiger partial charge >= 0.3 is 6.18 Å². The highest BCUT2D eigenvalue weighted by atomic mass is 32.2. The number of halogens is 3. The van der Waals surface area contributed by atoms with Gasteiger partial charge in [0.2, 0.25) is 5.91 Å². The summed E-state index contributed by atoms with van der Waals surface area (Å²) in [6, 6.07) is 4.67. The maximum Gasteiger partial charge on any atom is 0.422 e. The molecule has 1 spiro atoms. The molecule has 1 aromatic carbocycles. The number of carbonyl (C=O) groups excluding carboxylic acids is 2. The van der Waals surface area contributed by atoms with Crippen LogP contribution in [0.2, 0.25) is 0 Å². The molecule has 1 atom stereocenters. The number of sulfone groups is 1. The van der Waals surface area contributed by atoms with Gasteiger partial charge in [-0.2, -0.15) is 18.3 Å². The van der Waals surface area contributed by atoms with Gasteiger partial charge in [0.15, 0.2) is 22.1 Å². The molecule has 2 amide bonds. The first kappa shape index (κ1) is 28.7. The molecule has 41 heavy (non-hydrogen) atoms. The molecule has 13 heteroatoms. The fourth-order valence-electron chi connectivity index (χ4n) is 5.47. The zero-order chi connectivity index (χ0) is 29.6. The van der Waals surface area contributed by atoms with Crippen molar-refractivity contribution >= 4 is 32.9 Å². The normalized spacial score (nSPS) is 23.7. The van der Waals surface area contributed by atoms with Crippen LogP contribution in [0.4, 0.5) is 18.9 Å². The first-order chi connectivity index (χ1) is 19.2. The lowest BCUT2D eigenvalue weighted by molar-refractivity contribution is -0.153. The number of fused-ring (bicyclic) bond motifs is 3. The van der Waals surface area contributed by atoms with Crippen LogP contribution in [0.5, 0.6) is 5.75 Å². The Balaban J connectivity index is 1.53. The van der Waals surface area contributed by atoms with E-state index in [0.717, 1.165) is 29.4 Å². The molecule has 0 unspecified atom stereocenters. The van der Waals surface area contributed by atoms with E-state index in [-0.39, 0.29) is 23.7 Å². The predicted molar refractivity (Wildman–Crippen MR) is 146 cm³/mol. The lowest BCUT2D eigenvalue weighted by Gasteiger charge is -2.36. The second kappa shape index (κ2) is 10.5. The molecule has 1 aromatic heterocycles. The number of ether oxygens (including phenoxy) is 1. The molecule has 2 aromatic rings. The summed E-state index contributed by atoms with van der Waals surface area (Å²) in [7, 11) is -3.63. The second-order valence-corrected chi connectivity index (χ2v) is 12.8. The minimum absolute atomic E-state index is 0.0885. The van der Waals surface area contributed by atoms with Crippen LogP contribution < -0.4 is 15.4 Å². The number of allylic oxidation sites excluding steroid dienone is 6. The van der Waals surface area contributed by atoms with Crippen molar-refractivity contribution in [1.29, 1.82) is 0 Å². The third-order valence-corrected chi connectivity index (χ3v) is 8.00. The van der Waals surface area contributed by atoms with Crippen LogP contribution in [0.15, 0.2) is 48.1 Å². The zero-order valence-corrected chi connectivity index (χ0v) is 23.3. The summed E-state index contributed by atoms with van der Waals surface area (Å²) in [6.07, 6.45) is 6.72. The van der Waals surface area contributed by atoms with Gasteiger partial charge in [-0.05, 0) is 55.9 Å². The molecule has 0 saturated heterocycles. The van der Waals surface area contributed by atoms with E-state index in [4.69, 9.17) is 9.84 Å². The number of amides is 2. The smallest absolute Gasteiger partial charge is 0.422 e. The van der Waals surface area contributed by atoms with E-state index < -0.39 is 45.7 Å². The lowest BCUT2D eigenvalue weighted by atomic mass is 9.89. The summed E-state index contributed by atoms with van der Waals surface area (Å²) in [5.74, 6) is -1.97. The number of hydrogen-bond donors (Lipinski definition) is 2. The molecule has 0 fully saturated rings. The Labute approximate surface area is 235 Å². The molecule has 2 heterocycles. The van der Waals surface area contributed by atoms with Gasteiger partial charge in [0, 0.05) is 11.8 Å². The quantitative estimate of drug-likeness (QED) is 0.524. The van der Waals surface area contributed by atoms with Crippen molar-refractivity contribution in [2.45, 2.75) is 50.9 Å². The van der Waals surface area contributed by atoms with Gasteiger partial charge in [-0.3, -0.25) is 14.3 Å². The summed E-state index contributed by atoms with van der Waals surface area (Å²) in [5, 5.41) is 10.4. The summed E-state index contributed by atoms with van der Waals surface area (Å²) in [6.45, 7) is 0.760. The number of rotatable bonds is 6. The van der Waals surface area contributed by atoms with Crippen molar-refractivity contribution < 1.29 is 35.9 Å². The van der Waals surface area contributed by atoms with E-state index in [0.29, 0.717) is 30.5 Å². The number of nitrogens with zero attached hydrogens (tertiary/aromatic N) is 2. The third-order valence-electron chi connectivity index (χ3n) is 7.21. The van der Waals surface area contributed by atoms with Crippen LogP contribution >= 0.6 is 0 Å². The average Bonchev–Trinajstić information content (AvgIpc) is 3.37. The number of aryl methyl sites for hydroxylation is 1. The molecule has 3 aliphatic rings. The van der Waals surface area contributed by atoms with Crippen molar-refractivity contribution in [3.63, 3.8) is 0 Å². The number of aromatic nitrogens is 2. The van der Waals surface area contributed by atoms with Gasteiger partial charge in [0.1, 0.15) is 22.9 Å². The molecule has 9 nitrogen and oxygen atoms in total. The molecular weight excluding hydrogens is 561 g/mol. The van der Waals surface area contributed by atoms with E-state index >= 15 is 0 Å². The van der Waals surface area contributed by atoms with Crippen LogP contribution in [-0.4, -0.2) is 54.8 Å². The van der Waals surface area contributed by atoms with E-state index in [2.05, 4.69) is 16.7 Å². The Bertz CT molecular complexity index is 1620. The highest BCUT2D eigenvalue weighted by molar-refractivity contribution is 7.91. The second-order valence-electron chi connectivity index (χ2n) is 10.6. The molecule has 5 rings (SSSR count). The highest BCUT2D eigenvalue weighted by Crippen LogP contribution is 2.43. The van der Waals surface area contributed by atoms with Gasteiger partial charge in [0.25, 0.3) is 5.91 Å². The van der Waals surface area contributed by atoms with Gasteiger partial charge in [-0.1, -0.05) is 35.9 Å².